The lowest BCUT2D eigenvalue weighted by molar-refractivity contribution is 0.0950. The van der Waals surface area contributed by atoms with E-state index in [2.05, 4.69) is 5.32 Å². The number of carbonyl (C=O) groups excluding carboxylic acids is 1. The number of anilines is 1. The van der Waals surface area contributed by atoms with Crippen molar-refractivity contribution in [1.82, 2.24) is 9.62 Å². The van der Waals surface area contributed by atoms with Crippen LogP contribution >= 0.6 is 0 Å². The molecule has 0 aliphatic heterocycles. The zero-order valence-electron chi connectivity index (χ0n) is 15.5. The number of nitrogens with one attached hydrogen (secondary N) is 1. The second-order valence-electron chi connectivity index (χ2n) is 6.52. The van der Waals surface area contributed by atoms with Gasteiger partial charge in [0.05, 0.1) is 4.90 Å². The van der Waals surface area contributed by atoms with Gasteiger partial charge in [-0.1, -0.05) is 18.2 Å². The molecule has 0 aliphatic rings. The normalized spacial score (nSPS) is 11.8. The van der Waals surface area contributed by atoms with Gasteiger partial charge >= 0.3 is 0 Å². The van der Waals surface area contributed by atoms with Gasteiger partial charge in [0.15, 0.2) is 0 Å². The van der Waals surface area contributed by atoms with E-state index in [-0.39, 0.29) is 16.8 Å². The van der Waals surface area contributed by atoms with Crippen LogP contribution in [-0.2, 0) is 16.6 Å². The molecule has 0 heterocycles. The van der Waals surface area contributed by atoms with E-state index in [0.29, 0.717) is 17.8 Å². The van der Waals surface area contributed by atoms with Crippen LogP contribution in [0.5, 0.6) is 0 Å². The summed E-state index contributed by atoms with van der Waals surface area (Å²) in [7, 11) is -1.95. The van der Waals surface area contributed by atoms with Crippen molar-refractivity contribution in [2.75, 3.05) is 12.8 Å². The number of hydrogen-bond acceptors (Lipinski definition) is 4. The number of hydrogen-bond donors (Lipinski definition) is 2. The van der Waals surface area contributed by atoms with E-state index in [9.17, 15) is 13.2 Å². The second kappa shape index (κ2) is 7.88. The van der Waals surface area contributed by atoms with Crippen molar-refractivity contribution in [1.29, 1.82) is 0 Å². The van der Waals surface area contributed by atoms with Crippen LogP contribution in [0.15, 0.2) is 47.4 Å². The molecular formula is C19H25N3O3S. The first-order chi connectivity index (χ1) is 12.1. The molecule has 3 N–H and O–H groups in total. The largest absolute Gasteiger partial charge is 0.399 e. The van der Waals surface area contributed by atoms with Crippen LogP contribution in [0.2, 0.25) is 0 Å². The summed E-state index contributed by atoms with van der Waals surface area (Å²) in [6.07, 6.45) is 0. The van der Waals surface area contributed by atoms with Crippen LogP contribution in [0, 0.1) is 6.92 Å². The topological polar surface area (TPSA) is 92.5 Å². The summed E-state index contributed by atoms with van der Waals surface area (Å²) in [5, 5.41) is 2.83. The molecule has 0 aromatic heterocycles. The van der Waals surface area contributed by atoms with E-state index in [4.69, 9.17) is 5.73 Å². The van der Waals surface area contributed by atoms with Gasteiger partial charge in [0.25, 0.3) is 5.91 Å². The Labute approximate surface area is 155 Å². The highest BCUT2D eigenvalue weighted by Gasteiger charge is 2.22. The van der Waals surface area contributed by atoms with Crippen LogP contribution in [-0.4, -0.2) is 31.7 Å². The molecule has 140 valence electrons. The summed E-state index contributed by atoms with van der Waals surface area (Å²) in [6, 6.07) is 11.6. The van der Waals surface area contributed by atoms with Crippen molar-refractivity contribution >= 4 is 21.6 Å². The molecule has 2 aromatic rings. The molecule has 0 aliphatic carbocycles. The third-order valence-electron chi connectivity index (χ3n) is 4.29. The Morgan fingerprint density at radius 2 is 1.77 bits per heavy atom. The molecule has 7 heteroatoms. The van der Waals surface area contributed by atoms with E-state index < -0.39 is 10.0 Å². The predicted molar refractivity (Wildman–Crippen MR) is 103 cm³/mol. The van der Waals surface area contributed by atoms with Crippen molar-refractivity contribution in [3.63, 3.8) is 0 Å². The second-order valence-corrected chi connectivity index (χ2v) is 8.51. The lowest BCUT2D eigenvalue weighted by atomic mass is 10.1. The Morgan fingerprint density at radius 3 is 2.35 bits per heavy atom. The van der Waals surface area contributed by atoms with Gasteiger partial charge in [-0.2, -0.15) is 4.31 Å². The first-order valence-electron chi connectivity index (χ1n) is 8.34. The minimum absolute atomic E-state index is 0.125. The molecule has 2 aromatic carbocycles. The molecule has 0 spiro atoms. The SMILES string of the molecule is Cc1ccc(N)cc1C(=O)NCc1ccc(S(=O)(=O)N(C)C(C)C)cc1. The number of sulfonamides is 1. The number of amides is 1. The molecule has 2 rings (SSSR count). The Balaban J connectivity index is 2.08. The molecule has 0 unspecified atom stereocenters. The van der Waals surface area contributed by atoms with Crippen molar-refractivity contribution < 1.29 is 13.2 Å². The molecule has 0 bridgehead atoms. The van der Waals surface area contributed by atoms with Crippen LogP contribution in [0.3, 0.4) is 0 Å². The predicted octanol–water partition coefficient (Wildman–Crippen LogP) is 2.54. The van der Waals surface area contributed by atoms with Gasteiger partial charge in [0.1, 0.15) is 0 Å². The first kappa shape index (κ1) is 19.9. The Bertz CT molecular complexity index is 891. The van der Waals surface area contributed by atoms with Gasteiger partial charge in [-0.3, -0.25) is 4.79 Å². The number of carbonyl (C=O) groups is 1. The van der Waals surface area contributed by atoms with Crippen LogP contribution < -0.4 is 11.1 Å². The highest BCUT2D eigenvalue weighted by atomic mass is 32.2. The fourth-order valence-electron chi connectivity index (χ4n) is 2.38. The van der Waals surface area contributed by atoms with E-state index in [1.807, 2.05) is 20.8 Å². The Kier molecular flexibility index (Phi) is 6.05. The number of rotatable bonds is 6. The van der Waals surface area contributed by atoms with Crippen molar-refractivity contribution in [2.45, 2.75) is 38.3 Å². The van der Waals surface area contributed by atoms with E-state index >= 15 is 0 Å². The van der Waals surface area contributed by atoms with Gasteiger partial charge in [0.2, 0.25) is 10.0 Å². The zero-order chi connectivity index (χ0) is 19.5. The van der Waals surface area contributed by atoms with E-state index in [1.54, 1.807) is 49.5 Å². The highest BCUT2D eigenvalue weighted by molar-refractivity contribution is 7.89. The quantitative estimate of drug-likeness (QED) is 0.759. The van der Waals surface area contributed by atoms with Crippen LogP contribution in [0.4, 0.5) is 5.69 Å². The first-order valence-corrected chi connectivity index (χ1v) is 9.78. The molecule has 0 saturated heterocycles. The summed E-state index contributed by atoms with van der Waals surface area (Å²) in [6.45, 7) is 5.78. The summed E-state index contributed by atoms with van der Waals surface area (Å²) < 4.78 is 26.2. The number of benzene rings is 2. The minimum atomic E-state index is -3.51. The average molecular weight is 375 g/mol. The lowest BCUT2D eigenvalue weighted by Gasteiger charge is -2.21. The molecule has 0 saturated carbocycles. The van der Waals surface area contributed by atoms with Gasteiger partial charge < -0.3 is 11.1 Å². The highest BCUT2D eigenvalue weighted by Crippen LogP contribution is 2.17. The monoisotopic (exact) mass is 375 g/mol. The van der Waals surface area contributed by atoms with Gasteiger partial charge in [-0.05, 0) is 56.2 Å². The molecule has 0 fully saturated rings. The van der Waals surface area contributed by atoms with Crippen LogP contribution in [0.1, 0.15) is 35.3 Å². The summed E-state index contributed by atoms with van der Waals surface area (Å²) >= 11 is 0. The molecule has 1 amide bonds. The number of nitrogen functional groups attached to an aromatic ring is 1. The molecule has 6 nitrogen and oxygen atoms in total. The van der Waals surface area contributed by atoms with Gasteiger partial charge in [-0.15, -0.1) is 0 Å². The summed E-state index contributed by atoms with van der Waals surface area (Å²) in [5.41, 5.74) is 8.45. The standard InChI is InChI=1S/C19H25N3O3S/c1-13(2)22(4)26(24,25)17-9-6-15(7-10-17)12-21-19(23)18-11-16(20)8-5-14(18)3/h5-11,13H,12,20H2,1-4H3,(H,21,23). The number of nitrogens with two attached hydrogens (primary N) is 1. The maximum atomic E-state index is 12.4. The fraction of sp³-hybridized carbons (Fsp3) is 0.316. The Hall–Kier alpha value is -2.38. The molecule has 0 radical (unpaired) electrons. The smallest absolute Gasteiger partial charge is 0.251 e. The van der Waals surface area contributed by atoms with Crippen molar-refractivity contribution in [2.24, 2.45) is 0 Å². The van der Waals surface area contributed by atoms with Gasteiger partial charge in [-0.25, -0.2) is 8.42 Å². The third-order valence-corrected chi connectivity index (χ3v) is 6.33. The maximum Gasteiger partial charge on any atom is 0.251 e. The summed E-state index contributed by atoms with van der Waals surface area (Å²) in [5.74, 6) is -0.217. The van der Waals surface area contributed by atoms with Crippen LogP contribution in [0.25, 0.3) is 0 Å². The summed E-state index contributed by atoms with van der Waals surface area (Å²) in [4.78, 5) is 12.5. The van der Waals surface area contributed by atoms with Gasteiger partial charge in [0, 0.05) is 30.9 Å². The number of aryl methyl sites for hydroxylation is 1. The molecule has 0 atom stereocenters. The fourth-order valence-corrected chi connectivity index (χ4v) is 3.75. The van der Waals surface area contributed by atoms with E-state index in [1.165, 1.54) is 4.31 Å². The molecular weight excluding hydrogens is 350 g/mol. The lowest BCUT2D eigenvalue weighted by Crippen LogP contribution is -2.33. The minimum Gasteiger partial charge on any atom is -0.399 e. The maximum absolute atomic E-state index is 12.4. The molecule has 26 heavy (non-hydrogen) atoms. The van der Waals surface area contributed by atoms with Crippen molar-refractivity contribution in [3.8, 4) is 0 Å². The van der Waals surface area contributed by atoms with E-state index in [0.717, 1.165) is 11.1 Å². The number of nitrogens with zero attached hydrogens (tertiary/aromatic N) is 1. The average Bonchev–Trinajstić information content (AvgIpc) is 2.61. The third kappa shape index (κ3) is 4.42. The Morgan fingerprint density at radius 1 is 1.15 bits per heavy atom. The van der Waals surface area contributed by atoms with Crippen molar-refractivity contribution in [3.05, 3.63) is 59.2 Å². The zero-order valence-corrected chi connectivity index (χ0v) is 16.3.